The van der Waals surface area contributed by atoms with Crippen LogP contribution in [-0.4, -0.2) is 65.5 Å². The predicted octanol–water partition coefficient (Wildman–Crippen LogP) is 5.57. The first kappa shape index (κ1) is 30.7. The highest BCUT2D eigenvalue weighted by atomic mass is 16.6. The summed E-state index contributed by atoms with van der Waals surface area (Å²) in [6.45, 7) is 8.86. The average Bonchev–Trinajstić information content (AvgIpc) is 3.02. The van der Waals surface area contributed by atoms with Crippen LogP contribution in [0.2, 0.25) is 0 Å². The van der Waals surface area contributed by atoms with E-state index in [1.807, 2.05) is 69.4 Å². The SMILES string of the molecule is CC(C)(C)OC(=O)NCC1CCC(CNC(=O)c2cc(-c3ccc(N4CCC(CO)CC4)nc3)nc3ccccc23)CC1. The molecule has 0 bridgehead atoms. The molecule has 43 heavy (non-hydrogen) atoms. The third kappa shape index (κ3) is 8.22. The molecular formula is C34H45N5O4. The molecule has 0 spiro atoms. The number of anilines is 1. The van der Waals surface area contributed by atoms with Crippen molar-refractivity contribution in [1.29, 1.82) is 0 Å². The number of aliphatic hydroxyl groups excluding tert-OH is 1. The predicted molar refractivity (Wildman–Crippen MR) is 169 cm³/mol. The zero-order valence-corrected chi connectivity index (χ0v) is 25.6. The first-order chi connectivity index (χ1) is 20.7. The van der Waals surface area contributed by atoms with Gasteiger partial charge < -0.3 is 25.4 Å². The number of hydrogen-bond acceptors (Lipinski definition) is 7. The van der Waals surface area contributed by atoms with E-state index in [2.05, 4.69) is 15.5 Å². The molecule has 0 unspecified atom stereocenters. The summed E-state index contributed by atoms with van der Waals surface area (Å²) in [6, 6.07) is 13.7. The summed E-state index contributed by atoms with van der Waals surface area (Å²) in [5, 5.41) is 16.4. The Kier molecular flexibility index (Phi) is 9.80. The standard InChI is InChI=1S/C34H45N5O4/c1-34(2,3)43-33(42)37-20-24-10-8-23(9-11-24)19-36-32(41)28-18-30(38-29-7-5-4-6-27(28)29)26-12-13-31(35-21-26)39-16-14-25(22-40)15-17-39/h4-7,12-13,18,21,23-25,40H,8-11,14-17,19-20,22H2,1-3H3,(H,36,41)(H,37,42). The van der Waals surface area contributed by atoms with E-state index in [0.717, 1.165) is 79.6 Å². The van der Waals surface area contributed by atoms with Crippen LogP contribution < -0.4 is 15.5 Å². The summed E-state index contributed by atoms with van der Waals surface area (Å²) in [6.07, 6.45) is 7.47. The molecule has 9 heteroatoms. The highest BCUT2D eigenvalue weighted by Crippen LogP contribution is 2.30. The second-order valence-electron chi connectivity index (χ2n) is 13.1. The van der Waals surface area contributed by atoms with Crippen LogP contribution in [0.5, 0.6) is 0 Å². The lowest BCUT2D eigenvalue weighted by atomic mass is 9.82. The van der Waals surface area contributed by atoms with Gasteiger partial charge in [0, 0.05) is 49.9 Å². The number of para-hydroxylation sites is 1. The molecule has 230 valence electrons. The molecule has 3 N–H and O–H groups in total. The van der Waals surface area contributed by atoms with E-state index in [-0.39, 0.29) is 18.6 Å². The molecule has 1 aliphatic heterocycles. The van der Waals surface area contributed by atoms with Crippen molar-refractivity contribution in [3.05, 3.63) is 54.2 Å². The molecule has 2 aliphatic rings. The molecule has 2 aromatic heterocycles. The number of pyridine rings is 2. The second-order valence-corrected chi connectivity index (χ2v) is 13.1. The lowest BCUT2D eigenvalue weighted by molar-refractivity contribution is 0.0512. The fraction of sp³-hybridized carbons (Fsp3) is 0.529. The van der Waals surface area contributed by atoms with Crippen LogP contribution in [0, 0.1) is 17.8 Å². The number of aliphatic hydroxyl groups is 1. The van der Waals surface area contributed by atoms with Gasteiger partial charge in [0.25, 0.3) is 5.91 Å². The number of benzene rings is 1. The first-order valence-electron chi connectivity index (χ1n) is 15.7. The minimum Gasteiger partial charge on any atom is -0.444 e. The van der Waals surface area contributed by atoms with E-state index in [4.69, 9.17) is 14.7 Å². The number of carbonyl (C=O) groups excluding carboxylic acids is 2. The Morgan fingerprint density at radius 3 is 2.23 bits per heavy atom. The van der Waals surface area contributed by atoms with Crippen molar-refractivity contribution in [2.45, 2.75) is 64.9 Å². The van der Waals surface area contributed by atoms with Gasteiger partial charge in [-0.25, -0.2) is 14.8 Å². The van der Waals surface area contributed by atoms with Crippen molar-refractivity contribution >= 4 is 28.7 Å². The van der Waals surface area contributed by atoms with Gasteiger partial charge in [-0.2, -0.15) is 0 Å². The summed E-state index contributed by atoms with van der Waals surface area (Å²) in [7, 11) is 0. The third-order valence-corrected chi connectivity index (χ3v) is 8.65. The quantitative estimate of drug-likeness (QED) is 0.316. The first-order valence-corrected chi connectivity index (χ1v) is 15.7. The van der Waals surface area contributed by atoms with Gasteiger partial charge in [0.05, 0.1) is 16.8 Å². The summed E-state index contributed by atoms with van der Waals surface area (Å²) in [5.41, 5.74) is 2.48. The van der Waals surface area contributed by atoms with Gasteiger partial charge in [0.1, 0.15) is 11.4 Å². The number of alkyl carbamates (subject to hydrolysis) is 1. The van der Waals surface area contributed by atoms with Crippen LogP contribution in [0.4, 0.5) is 10.6 Å². The van der Waals surface area contributed by atoms with Crippen LogP contribution >= 0.6 is 0 Å². The zero-order valence-electron chi connectivity index (χ0n) is 25.6. The van der Waals surface area contributed by atoms with E-state index in [9.17, 15) is 14.7 Å². The number of carbonyl (C=O) groups is 2. The summed E-state index contributed by atoms with van der Waals surface area (Å²) < 4.78 is 5.35. The van der Waals surface area contributed by atoms with Gasteiger partial charge in [0.2, 0.25) is 0 Å². The second kappa shape index (κ2) is 13.7. The van der Waals surface area contributed by atoms with Crippen LogP contribution in [-0.2, 0) is 4.74 Å². The monoisotopic (exact) mass is 587 g/mol. The van der Waals surface area contributed by atoms with Crippen molar-refractivity contribution in [3.63, 3.8) is 0 Å². The largest absolute Gasteiger partial charge is 0.444 e. The van der Waals surface area contributed by atoms with Crippen molar-refractivity contribution in [1.82, 2.24) is 20.6 Å². The molecule has 1 saturated carbocycles. The number of piperidine rings is 1. The number of nitrogens with zero attached hydrogens (tertiary/aromatic N) is 3. The maximum absolute atomic E-state index is 13.5. The Balaban J connectivity index is 1.19. The van der Waals surface area contributed by atoms with E-state index >= 15 is 0 Å². The molecule has 9 nitrogen and oxygen atoms in total. The Labute approximate surface area is 254 Å². The highest BCUT2D eigenvalue weighted by molar-refractivity contribution is 6.07. The maximum atomic E-state index is 13.5. The molecule has 1 aliphatic carbocycles. The van der Waals surface area contributed by atoms with Crippen LogP contribution in [0.1, 0.15) is 69.7 Å². The Bertz CT molecular complexity index is 1390. The molecule has 0 radical (unpaired) electrons. The van der Waals surface area contributed by atoms with Gasteiger partial charge in [-0.1, -0.05) is 18.2 Å². The number of nitrogens with one attached hydrogen (secondary N) is 2. The number of fused-ring (bicyclic) bond motifs is 1. The van der Waals surface area contributed by atoms with Crippen molar-refractivity contribution in [2.24, 2.45) is 17.8 Å². The van der Waals surface area contributed by atoms with Gasteiger partial charge in [-0.15, -0.1) is 0 Å². The Hall–Kier alpha value is -3.72. The summed E-state index contributed by atoms with van der Waals surface area (Å²) in [5.74, 6) is 2.05. The van der Waals surface area contributed by atoms with Crippen LogP contribution in [0.25, 0.3) is 22.2 Å². The van der Waals surface area contributed by atoms with Crippen LogP contribution in [0.3, 0.4) is 0 Å². The fourth-order valence-electron chi connectivity index (χ4n) is 6.09. The normalized spacial score (nSPS) is 19.7. The van der Waals surface area contributed by atoms with Crippen molar-refractivity contribution in [2.75, 3.05) is 37.7 Å². The minimum atomic E-state index is -0.499. The average molecular weight is 588 g/mol. The Morgan fingerprint density at radius 2 is 1.60 bits per heavy atom. The summed E-state index contributed by atoms with van der Waals surface area (Å²) in [4.78, 5) is 37.3. The lowest BCUT2D eigenvalue weighted by Gasteiger charge is -2.32. The van der Waals surface area contributed by atoms with Gasteiger partial charge in [-0.3, -0.25) is 4.79 Å². The number of aromatic nitrogens is 2. The maximum Gasteiger partial charge on any atom is 0.407 e. The van der Waals surface area contributed by atoms with E-state index in [0.29, 0.717) is 36.4 Å². The molecular weight excluding hydrogens is 542 g/mol. The fourth-order valence-corrected chi connectivity index (χ4v) is 6.09. The van der Waals surface area contributed by atoms with E-state index in [1.165, 1.54) is 0 Å². The van der Waals surface area contributed by atoms with Crippen molar-refractivity contribution < 1.29 is 19.4 Å². The van der Waals surface area contributed by atoms with E-state index in [1.54, 1.807) is 0 Å². The molecule has 5 rings (SSSR count). The van der Waals surface area contributed by atoms with Gasteiger partial charge in [0.15, 0.2) is 0 Å². The molecule has 1 aromatic carbocycles. The van der Waals surface area contributed by atoms with Gasteiger partial charge >= 0.3 is 6.09 Å². The number of amides is 2. The molecule has 3 heterocycles. The Morgan fingerprint density at radius 1 is 0.930 bits per heavy atom. The lowest BCUT2D eigenvalue weighted by Crippen LogP contribution is -2.37. The highest BCUT2D eigenvalue weighted by Gasteiger charge is 2.24. The van der Waals surface area contributed by atoms with Crippen molar-refractivity contribution in [3.8, 4) is 11.3 Å². The molecule has 2 amide bonds. The smallest absolute Gasteiger partial charge is 0.407 e. The molecule has 3 aromatic rings. The third-order valence-electron chi connectivity index (χ3n) is 8.65. The summed E-state index contributed by atoms with van der Waals surface area (Å²) >= 11 is 0. The number of ether oxygens (including phenoxy) is 1. The number of rotatable bonds is 8. The number of hydrogen-bond donors (Lipinski definition) is 3. The minimum absolute atomic E-state index is 0.0927. The zero-order chi connectivity index (χ0) is 30.4. The molecule has 0 atom stereocenters. The molecule has 1 saturated heterocycles. The topological polar surface area (TPSA) is 117 Å². The van der Waals surface area contributed by atoms with Crippen LogP contribution in [0.15, 0.2) is 48.7 Å². The molecule has 2 fully saturated rings. The van der Waals surface area contributed by atoms with E-state index < -0.39 is 5.60 Å². The van der Waals surface area contributed by atoms with Gasteiger partial charge in [-0.05, 0) is 101 Å².